The number of aryl methyl sites for hydroxylation is 1. The highest BCUT2D eigenvalue weighted by Crippen LogP contribution is 2.19. The third kappa shape index (κ3) is 2.90. The molecule has 1 fully saturated rings. The van der Waals surface area contributed by atoms with Crippen LogP contribution in [-0.2, 0) is 4.79 Å². The van der Waals surface area contributed by atoms with Gasteiger partial charge >= 0.3 is 12.0 Å². The molecule has 3 atom stereocenters. The molecule has 0 saturated carbocycles. The number of aliphatic hydroxyl groups excluding tert-OH is 1. The first-order chi connectivity index (χ1) is 9.38. The number of hydrogen-bond acceptors (Lipinski definition) is 5. The Labute approximate surface area is 115 Å². The number of β-amino-alcohol motifs (C(OH)–C–C–N with tert-alkyl or cyclic N) is 1. The van der Waals surface area contributed by atoms with Gasteiger partial charge in [-0.1, -0.05) is 0 Å². The third-order valence-electron chi connectivity index (χ3n) is 3.17. The lowest BCUT2D eigenvalue weighted by Gasteiger charge is -2.23. The quantitative estimate of drug-likeness (QED) is 0.733. The average molecular weight is 283 g/mol. The van der Waals surface area contributed by atoms with Gasteiger partial charge in [0, 0.05) is 13.0 Å². The fourth-order valence-corrected chi connectivity index (χ4v) is 2.17. The number of hydrogen-bond donors (Lipinski definition) is 3. The number of nitrogens with one attached hydrogen (secondary N) is 1. The molecule has 0 aliphatic carbocycles. The van der Waals surface area contributed by atoms with E-state index in [1.165, 1.54) is 6.20 Å². The largest absolute Gasteiger partial charge is 0.480 e. The highest BCUT2D eigenvalue weighted by molar-refractivity contribution is 5.83. The fourth-order valence-electron chi connectivity index (χ4n) is 2.17. The van der Waals surface area contributed by atoms with Crippen LogP contribution in [0.15, 0.2) is 10.6 Å². The fraction of sp³-hybridized carbons (Fsp3) is 0.583. The van der Waals surface area contributed by atoms with E-state index >= 15 is 0 Å². The minimum atomic E-state index is -1.13. The summed E-state index contributed by atoms with van der Waals surface area (Å²) in [6.45, 7) is 3.42. The third-order valence-corrected chi connectivity index (χ3v) is 3.17. The Balaban J connectivity index is 2.02. The predicted octanol–water partition coefficient (Wildman–Crippen LogP) is 0.273. The van der Waals surface area contributed by atoms with Crippen molar-refractivity contribution in [2.24, 2.45) is 0 Å². The molecule has 0 radical (unpaired) electrons. The first-order valence-electron chi connectivity index (χ1n) is 6.28. The molecule has 2 heterocycles. The monoisotopic (exact) mass is 283 g/mol. The summed E-state index contributed by atoms with van der Waals surface area (Å²) in [7, 11) is 0. The molecule has 0 spiro atoms. The van der Waals surface area contributed by atoms with Crippen molar-refractivity contribution < 1.29 is 24.2 Å². The summed E-state index contributed by atoms with van der Waals surface area (Å²) in [6.07, 6.45) is 0.758. The number of aliphatic hydroxyl groups is 1. The molecule has 1 aliphatic rings. The second-order valence-corrected chi connectivity index (χ2v) is 4.88. The van der Waals surface area contributed by atoms with E-state index < -0.39 is 30.2 Å². The number of carbonyl (C=O) groups is 2. The summed E-state index contributed by atoms with van der Waals surface area (Å²) in [4.78, 5) is 28.2. The zero-order valence-corrected chi connectivity index (χ0v) is 11.2. The van der Waals surface area contributed by atoms with Crippen LogP contribution in [0.25, 0.3) is 0 Å². The van der Waals surface area contributed by atoms with Crippen molar-refractivity contribution in [1.82, 2.24) is 15.2 Å². The lowest BCUT2D eigenvalue weighted by molar-refractivity contribution is -0.141. The number of amides is 2. The summed E-state index contributed by atoms with van der Waals surface area (Å²) in [5.41, 5.74) is 0. The smallest absolute Gasteiger partial charge is 0.326 e. The van der Waals surface area contributed by atoms with Gasteiger partial charge in [0.25, 0.3) is 0 Å². The summed E-state index contributed by atoms with van der Waals surface area (Å²) < 4.78 is 5.29. The maximum Gasteiger partial charge on any atom is 0.326 e. The van der Waals surface area contributed by atoms with Crippen molar-refractivity contribution >= 4 is 12.0 Å². The summed E-state index contributed by atoms with van der Waals surface area (Å²) in [5, 5.41) is 21.2. The van der Waals surface area contributed by atoms with Crippen molar-refractivity contribution in [2.45, 2.75) is 38.5 Å². The number of carboxylic acids is 1. The molecule has 20 heavy (non-hydrogen) atoms. The van der Waals surface area contributed by atoms with Gasteiger partial charge in [-0.15, -0.1) is 0 Å². The molecule has 1 saturated heterocycles. The van der Waals surface area contributed by atoms with Gasteiger partial charge in [0.15, 0.2) is 0 Å². The van der Waals surface area contributed by atoms with Crippen LogP contribution in [0.4, 0.5) is 4.79 Å². The number of likely N-dealkylation sites (tertiary alicyclic amines) is 1. The summed E-state index contributed by atoms with van der Waals surface area (Å²) >= 11 is 0. The van der Waals surface area contributed by atoms with Gasteiger partial charge in [-0.25, -0.2) is 14.6 Å². The lowest BCUT2D eigenvalue weighted by atomic mass is 10.2. The number of urea groups is 1. The number of rotatable bonds is 3. The number of nitrogens with zero attached hydrogens (tertiary/aromatic N) is 2. The molecule has 1 aromatic rings. The Kier molecular flexibility index (Phi) is 3.93. The van der Waals surface area contributed by atoms with E-state index in [1.807, 2.05) is 0 Å². The molecular formula is C12H17N3O5. The minimum Gasteiger partial charge on any atom is -0.480 e. The van der Waals surface area contributed by atoms with Crippen LogP contribution in [0.1, 0.15) is 31.0 Å². The topological polar surface area (TPSA) is 116 Å². The lowest BCUT2D eigenvalue weighted by Crippen LogP contribution is -2.46. The second-order valence-electron chi connectivity index (χ2n) is 4.88. The van der Waals surface area contributed by atoms with Gasteiger partial charge in [-0.05, 0) is 13.8 Å². The predicted molar refractivity (Wildman–Crippen MR) is 66.9 cm³/mol. The molecule has 110 valence electrons. The van der Waals surface area contributed by atoms with Crippen molar-refractivity contribution in [2.75, 3.05) is 6.54 Å². The standard InChI is InChI=1S/C12H17N3O5/c1-6-4-13-10(20-6)7(2)14-12(19)15-5-8(16)3-9(15)11(17)18/h4,7-9,16H,3,5H2,1-2H3,(H,14,19)(H,17,18)/t7?,8-,9+/m1/s1. The molecule has 1 unspecified atom stereocenters. The van der Waals surface area contributed by atoms with Crippen LogP contribution < -0.4 is 5.32 Å². The number of aromatic nitrogens is 1. The zero-order valence-electron chi connectivity index (χ0n) is 11.2. The first-order valence-corrected chi connectivity index (χ1v) is 6.28. The van der Waals surface area contributed by atoms with Crippen LogP contribution in [0.2, 0.25) is 0 Å². The van der Waals surface area contributed by atoms with Gasteiger partial charge in [0.05, 0.1) is 12.3 Å². The normalized spacial score (nSPS) is 23.6. The van der Waals surface area contributed by atoms with E-state index in [9.17, 15) is 14.7 Å². The SMILES string of the molecule is Cc1cnc(C(C)NC(=O)N2C[C@H](O)C[C@H]2C(=O)O)o1. The molecule has 1 aromatic heterocycles. The molecule has 0 bridgehead atoms. The Bertz CT molecular complexity index is 515. The van der Waals surface area contributed by atoms with Gasteiger partial charge in [0.1, 0.15) is 17.8 Å². The molecular weight excluding hydrogens is 266 g/mol. The number of carboxylic acid groups (broad SMARTS) is 1. The van der Waals surface area contributed by atoms with Crippen molar-refractivity contribution in [3.8, 4) is 0 Å². The Morgan fingerprint density at radius 2 is 2.30 bits per heavy atom. The molecule has 8 nitrogen and oxygen atoms in total. The maximum absolute atomic E-state index is 12.1. The molecule has 0 aromatic carbocycles. The molecule has 2 rings (SSSR count). The van der Waals surface area contributed by atoms with Gasteiger partial charge in [-0.3, -0.25) is 0 Å². The zero-order chi connectivity index (χ0) is 14.9. The minimum absolute atomic E-state index is 0.000130. The Hall–Kier alpha value is -2.09. The van der Waals surface area contributed by atoms with Crippen molar-refractivity contribution in [3.63, 3.8) is 0 Å². The van der Waals surface area contributed by atoms with Gasteiger partial charge in [0.2, 0.25) is 5.89 Å². The first kappa shape index (κ1) is 14.3. The number of aliphatic carboxylic acids is 1. The van der Waals surface area contributed by atoms with E-state index in [0.717, 1.165) is 4.90 Å². The number of carbonyl (C=O) groups excluding carboxylic acids is 1. The van der Waals surface area contributed by atoms with Gasteiger partial charge < -0.3 is 24.8 Å². The van der Waals surface area contributed by atoms with E-state index in [-0.39, 0.29) is 13.0 Å². The van der Waals surface area contributed by atoms with Crippen molar-refractivity contribution in [3.05, 3.63) is 17.8 Å². The maximum atomic E-state index is 12.1. The van der Waals surface area contributed by atoms with Gasteiger partial charge in [-0.2, -0.15) is 0 Å². The second kappa shape index (κ2) is 5.49. The molecule has 1 aliphatic heterocycles. The summed E-state index contributed by atoms with van der Waals surface area (Å²) in [5.74, 6) is -0.153. The highest BCUT2D eigenvalue weighted by Gasteiger charge is 2.39. The van der Waals surface area contributed by atoms with E-state index in [0.29, 0.717) is 11.7 Å². The molecule has 2 amide bonds. The van der Waals surface area contributed by atoms with Crippen LogP contribution in [-0.4, -0.2) is 50.8 Å². The van der Waals surface area contributed by atoms with Crippen LogP contribution >= 0.6 is 0 Å². The summed E-state index contributed by atoms with van der Waals surface area (Å²) in [6, 6.07) is -2.05. The molecule has 8 heteroatoms. The Morgan fingerprint density at radius 3 is 2.85 bits per heavy atom. The van der Waals surface area contributed by atoms with Crippen LogP contribution in [0.3, 0.4) is 0 Å². The van der Waals surface area contributed by atoms with E-state index in [2.05, 4.69) is 10.3 Å². The highest BCUT2D eigenvalue weighted by atomic mass is 16.4. The van der Waals surface area contributed by atoms with Crippen molar-refractivity contribution in [1.29, 1.82) is 0 Å². The average Bonchev–Trinajstić information content (AvgIpc) is 2.95. The van der Waals surface area contributed by atoms with Crippen LogP contribution in [0.5, 0.6) is 0 Å². The van der Waals surface area contributed by atoms with E-state index in [1.54, 1.807) is 13.8 Å². The molecule has 3 N–H and O–H groups in total. The number of oxazole rings is 1. The van der Waals surface area contributed by atoms with E-state index in [4.69, 9.17) is 9.52 Å². The van der Waals surface area contributed by atoms with Crippen LogP contribution in [0, 0.1) is 6.92 Å². The Morgan fingerprint density at radius 1 is 1.60 bits per heavy atom.